The van der Waals surface area contributed by atoms with Gasteiger partial charge in [-0.25, -0.2) is 4.79 Å². The minimum Gasteiger partial charge on any atom is -0.444 e. The van der Waals surface area contributed by atoms with Crippen LogP contribution in [0.15, 0.2) is 24.3 Å². The van der Waals surface area contributed by atoms with Crippen molar-refractivity contribution in [3.05, 3.63) is 29.8 Å². The van der Waals surface area contributed by atoms with Gasteiger partial charge in [0.2, 0.25) is 5.91 Å². The van der Waals surface area contributed by atoms with Crippen LogP contribution in [0.3, 0.4) is 0 Å². The molecule has 2 saturated heterocycles. The van der Waals surface area contributed by atoms with E-state index in [0.717, 1.165) is 38.8 Å². The fourth-order valence-electron chi connectivity index (χ4n) is 4.18. The van der Waals surface area contributed by atoms with Gasteiger partial charge in [0, 0.05) is 43.3 Å². The summed E-state index contributed by atoms with van der Waals surface area (Å²) in [7, 11) is 0. The van der Waals surface area contributed by atoms with Crippen LogP contribution in [0.5, 0.6) is 0 Å². The van der Waals surface area contributed by atoms with Crippen LogP contribution in [-0.2, 0) is 9.53 Å². The van der Waals surface area contributed by atoms with E-state index in [-0.39, 0.29) is 17.7 Å². The third-order valence-corrected chi connectivity index (χ3v) is 5.83. The van der Waals surface area contributed by atoms with Crippen molar-refractivity contribution in [3.8, 4) is 0 Å². The fraction of sp³-hybridized carbons (Fsp3) is 0.625. The predicted molar refractivity (Wildman–Crippen MR) is 120 cm³/mol. The van der Waals surface area contributed by atoms with Crippen molar-refractivity contribution in [2.75, 3.05) is 31.5 Å². The average molecular weight is 430 g/mol. The summed E-state index contributed by atoms with van der Waals surface area (Å²) in [6, 6.07) is 6.83. The molecular weight excluding hydrogens is 394 g/mol. The topological polar surface area (TPSA) is 79.0 Å². The number of ether oxygens (including phenoxy) is 1. The van der Waals surface area contributed by atoms with E-state index in [4.69, 9.17) is 4.74 Å². The monoisotopic (exact) mass is 429 g/mol. The molecule has 2 aliphatic rings. The zero-order valence-electron chi connectivity index (χ0n) is 19.0. The second-order valence-electron chi connectivity index (χ2n) is 9.51. The van der Waals surface area contributed by atoms with Gasteiger partial charge in [0.1, 0.15) is 5.60 Å². The van der Waals surface area contributed by atoms with Gasteiger partial charge in [-0.15, -0.1) is 0 Å². The molecule has 2 aliphatic heterocycles. The van der Waals surface area contributed by atoms with E-state index in [2.05, 4.69) is 5.32 Å². The molecule has 0 bridgehead atoms. The number of hydrogen-bond donors (Lipinski definition) is 1. The van der Waals surface area contributed by atoms with Gasteiger partial charge in [0.15, 0.2) is 0 Å². The first-order valence-corrected chi connectivity index (χ1v) is 11.4. The standard InChI is InChI=1S/C24H35N3O4/c1-24(2,3)31-23(30)25-20-10-8-18(9-11-20)21(28)27-16-12-19(13-17-27)22(29)26-14-6-4-5-7-15-26/h8-11,19H,4-7,12-17H2,1-3H3,(H,25,30). The van der Waals surface area contributed by atoms with E-state index in [0.29, 0.717) is 24.3 Å². The van der Waals surface area contributed by atoms with Gasteiger partial charge in [-0.3, -0.25) is 14.9 Å². The van der Waals surface area contributed by atoms with Gasteiger partial charge in [0.25, 0.3) is 5.91 Å². The zero-order valence-corrected chi connectivity index (χ0v) is 19.0. The summed E-state index contributed by atoms with van der Waals surface area (Å²) in [6.07, 6.45) is 5.54. The lowest BCUT2D eigenvalue weighted by molar-refractivity contribution is -0.136. The van der Waals surface area contributed by atoms with Crippen molar-refractivity contribution in [1.82, 2.24) is 9.80 Å². The number of rotatable bonds is 3. The number of nitrogens with one attached hydrogen (secondary N) is 1. The van der Waals surface area contributed by atoms with Gasteiger partial charge in [0.05, 0.1) is 0 Å². The molecule has 0 aliphatic carbocycles. The van der Waals surface area contributed by atoms with Crippen LogP contribution in [0.25, 0.3) is 0 Å². The molecule has 0 aromatic heterocycles. The summed E-state index contributed by atoms with van der Waals surface area (Å²) in [6.45, 7) is 8.36. The number of carbonyl (C=O) groups excluding carboxylic acids is 3. The van der Waals surface area contributed by atoms with Gasteiger partial charge >= 0.3 is 6.09 Å². The maximum absolute atomic E-state index is 12.9. The third-order valence-electron chi connectivity index (χ3n) is 5.83. The first kappa shape index (κ1) is 23.1. The molecule has 2 fully saturated rings. The number of hydrogen-bond acceptors (Lipinski definition) is 4. The SMILES string of the molecule is CC(C)(C)OC(=O)Nc1ccc(C(=O)N2CCC(C(=O)N3CCCCCC3)CC2)cc1. The predicted octanol–water partition coefficient (Wildman–Crippen LogP) is 4.29. The van der Waals surface area contributed by atoms with E-state index >= 15 is 0 Å². The van der Waals surface area contributed by atoms with Crippen molar-refractivity contribution in [1.29, 1.82) is 0 Å². The van der Waals surface area contributed by atoms with Crippen molar-refractivity contribution in [2.24, 2.45) is 5.92 Å². The quantitative estimate of drug-likeness (QED) is 0.777. The first-order chi connectivity index (χ1) is 14.7. The van der Waals surface area contributed by atoms with E-state index in [1.54, 1.807) is 45.0 Å². The molecular formula is C24H35N3O4. The highest BCUT2D eigenvalue weighted by Gasteiger charge is 2.30. The van der Waals surface area contributed by atoms with Crippen molar-refractivity contribution in [2.45, 2.75) is 64.9 Å². The van der Waals surface area contributed by atoms with Crippen LogP contribution in [0.4, 0.5) is 10.5 Å². The number of piperidine rings is 1. The highest BCUT2D eigenvalue weighted by atomic mass is 16.6. The summed E-state index contributed by atoms with van der Waals surface area (Å²) < 4.78 is 5.24. The number of carbonyl (C=O) groups is 3. The molecule has 1 aromatic carbocycles. The number of amides is 3. The highest BCUT2D eigenvalue weighted by molar-refractivity contribution is 5.95. The zero-order chi connectivity index (χ0) is 22.4. The smallest absolute Gasteiger partial charge is 0.412 e. The summed E-state index contributed by atoms with van der Waals surface area (Å²) in [4.78, 5) is 41.4. The molecule has 7 heteroatoms. The Hall–Kier alpha value is -2.57. The molecule has 0 spiro atoms. The number of likely N-dealkylation sites (tertiary alicyclic amines) is 2. The van der Waals surface area contributed by atoms with Crippen LogP contribution >= 0.6 is 0 Å². The fourth-order valence-corrected chi connectivity index (χ4v) is 4.18. The molecule has 7 nitrogen and oxygen atoms in total. The lowest BCUT2D eigenvalue weighted by Crippen LogP contribution is -2.44. The van der Waals surface area contributed by atoms with Crippen molar-refractivity contribution in [3.63, 3.8) is 0 Å². The maximum atomic E-state index is 12.9. The molecule has 170 valence electrons. The van der Waals surface area contributed by atoms with Crippen LogP contribution in [0, 0.1) is 5.92 Å². The molecule has 0 saturated carbocycles. The molecule has 0 radical (unpaired) electrons. The minimum atomic E-state index is -0.569. The van der Waals surface area contributed by atoms with Crippen molar-refractivity contribution >= 4 is 23.6 Å². The highest BCUT2D eigenvalue weighted by Crippen LogP contribution is 2.23. The lowest BCUT2D eigenvalue weighted by atomic mass is 9.94. The van der Waals surface area contributed by atoms with Crippen LogP contribution < -0.4 is 5.32 Å². The van der Waals surface area contributed by atoms with E-state index in [1.807, 2.05) is 9.80 Å². The van der Waals surface area contributed by atoms with Crippen molar-refractivity contribution < 1.29 is 19.1 Å². The lowest BCUT2D eigenvalue weighted by Gasteiger charge is -2.34. The molecule has 1 aromatic rings. The summed E-state index contributed by atoms with van der Waals surface area (Å²) >= 11 is 0. The Morgan fingerprint density at radius 2 is 1.45 bits per heavy atom. The Kier molecular flexibility index (Phi) is 7.57. The largest absolute Gasteiger partial charge is 0.444 e. The Labute approximate surface area is 185 Å². The minimum absolute atomic E-state index is 0.0301. The van der Waals surface area contributed by atoms with Gasteiger partial charge < -0.3 is 14.5 Å². The normalized spacial score (nSPS) is 18.3. The molecule has 0 atom stereocenters. The van der Waals surface area contributed by atoms with Crippen LogP contribution in [0.1, 0.15) is 69.7 Å². The van der Waals surface area contributed by atoms with Crippen LogP contribution in [0.2, 0.25) is 0 Å². The molecule has 31 heavy (non-hydrogen) atoms. The van der Waals surface area contributed by atoms with Gasteiger partial charge in [-0.1, -0.05) is 12.8 Å². The number of benzene rings is 1. The molecule has 3 rings (SSSR count). The Balaban J connectivity index is 1.50. The van der Waals surface area contributed by atoms with Gasteiger partial charge in [-0.05, 0) is 70.7 Å². The molecule has 1 N–H and O–H groups in total. The number of nitrogens with zero attached hydrogens (tertiary/aromatic N) is 2. The van der Waals surface area contributed by atoms with E-state index < -0.39 is 11.7 Å². The average Bonchev–Trinajstić information content (AvgIpc) is 3.01. The van der Waals surface area contributed by atoms with Gasteiger partial charge in [-0.2, -0.15) is 0 Å². The van der Waals surface area contributed by atoms with E-state index in [9.17, 15) is 14.4 Å². The second kappa shape index (κ2) is 10.2. The molecule has 0 unspecified atom stereocenters. The maximum Gasteiger partial charge on any atom is 0.412 e. The Morgan fingerprint density at radius 3 is 2.00 bits per heavy atom. The summed E-state index contributed by atoms with van der Waals surface area (Å²) in [5.41, 5.74) is 0.584. The third kappa shape index (κ3) is 6.71. The Morgan fingerprint density at radius 1 is 0.871 bits per heavy atom. The second-order valence-corrected chi connectivity index (χ2v) is 9.51. The Bertz CT molecular complexity index is 769. The summed E-state index contributed by atoms with van der Waals surface area (Å²) in [5, 5.41) is 2.67. The number of anilines is 1. The van der Waals surface area contributed by atoms with Crippen LogP contribution in [-0.4, -0.2) is 59.5 Å². The molecule has 3 amide bonds. The first-order valence-electron chi connectivity index (χ1n) is 11.4. The summed E-state index contributed by atoms with van der Waals surface area (Å²) in [5.74, 6) is 0.263. The molecule has 2 heterocycles. The van der Waals surface area contributed by atoms with E-state index in [1.165, 1.54) is 12.8 Å².